The minimum absolute atomic E-state index is 0.0612. The van der Waals surface area contributed by atoms with E-state index in [-0.39, 0.29) is 23.7 Å². The van der Waals surface area contributed by atoms with Crippen LogP contribution in [0.1, 0.15) is 59.1 Å². The van der Waals surface area contributed by atoms with Crippen LogP contribution >= 0.6 is 0 Å². The van der Waals surface area contributed by atoms with Crippen molar-refractivity contribution in [3.05, 3.63) is 71.8 Å². The van der Waals surface area contributed by atoms with Gasteiger partial charge >= 0.3 is 0 Å². The third-order valence-corrected chi connectivity index (χ3v) is 6.91. The smallest absolute Gasteiger partial charge is 0.252 e. The fourth-order valence-electron chi connectivity index (χ4n) is 5.40. The highest BCUT2D eigenvalue weighted by Crippen LogP contribution is 2.39. The number of hydrogen-bond acceptors (Lipinski definition) is 6. The van der Waals surface area contributed by atoms with Crippen molar-refractivity contribution in [2.45, 2.75) is 103 Å². The van der Waals surface area contributed by atoms with E-state index in [1.54, 1.807) is 27.7 Å². The molecular formula is C31H41NO6. The summed E-state index contributed by atoms with van der Waals surface area (Å²) < 4.78 is 24.6. The number of nitrogens with one attached hydrogen (secondary N) is 1. The van der Waals surface area contributed by atoms with Gasteiger partial charge in [-0.25, -0.2) is 0 Å². The van der Waals surface area contributed by atoms with Gasteiger partial charge in [-0.2, -0.15) is 0 Å². The summed E-state index contributed by atoms with van der Waals surface area (Å²) in [5.74, 6) is -2.24. The molecule has 7 nitrogen and oxygen atoms in total. The lowest BCUT2D eigenvalue weighted by atomic mass is 9.91. The fraction of sp³-hybridized carbons (Fsp3) is 0.548. The molecule has 1 N–H and O–H groups in total. The predicted molar refractivity (Wildman–Crippen MR) is 144 cm³/mol. The monoisotopic (exact) mass is 523 g/mol. The first-order chi connectivity index (χ1) is 17.9. The fourth-order valence-corrected chi connectivity index (χ4v) is 5.40. The number of Topliss-reactive ketones (excluding diaryl/α,β-unsaturated/α-hetero) is 1. The van der Waals surface area contributed by atoms with E-state index in [0.717, 1.165) is 12.0 Å². The van der Waals surface area contributed by atoms with Crippen LogP contribution < -0.4 is 5.32 Å². The molecule has 1 amide bonds. The topological polar surface area (TPSA) is 83.1 Å². The van der Waals surface area contributed by atoms with Gasteiger partial charge in [0.1, 0.15) is 18.3 Å². The summed E-state index contributed by atoms with van der Waals surface area (Å²) in [7, 11) is 0. The van der Waals surface area contributed by atoms with Gasteiger partial charge in [0.15, 0.2) is 23.5 Å². The number of hydrogen-bond donors (Lipinski definition) is 1. The van der Waals surface area contributed by atoms with Crippen molar-refractivity contribution >= 4 is 11.7 Å². The third kappa shape index (κ3) is 7.29. The summed E-state index contributed by atoms with van der Waals surface area (Å²) >= 11 is 0. The van der Waals surface area contributed by atoms with Crippen LogP contribution in [0.2, 0.25) is 0 Å². The average molecular weight is 524 g/mol. The Labute approximate surface area is 226 Å². The van der Waals surface area contributed by atoms with Crippen molar-refractivity contribution < 1.29 is 28.5 Å². The van der Waals surface area contributed by atoms with Gasteiger partial charge in [0.05, 0.1) is 0 Å². The standard InChI is InChI=1S/C31H41NO6/c1-20(17-22-13-9-7-10-14-22)18-24(33)25-26(36-30(3,4)35-25)27-28(38-31(5,6)37-27)29(34)32-21(2)19-23-15-11-8-12-16-23/h7-16,20-21,25-28H,17-19H2,1-6H3,(H,32,34)/t20-,21-,25-,26+,27+,28-/m0/s1. The molecule has 7 heteroatoms. The first-order valence-corrected chi connectivity index (χ1v) is 13.5. The molecule has 2 aromatic rings. The summed E-state index contributed by atoms with van der Waals surface area (Å²) in [5, 5.41) is 3.06. The number of rotatable bonds is 10. The van der Waals surface area contributed by atoms with Crippen molar-refractivity contribution in [2.75, 3.05) is 0 Å². The third-order valence-electron chi connectivity index (χ3n) is 6.91. The average Bonchev–Trinajstić information content (AvgIpc) is 3.35. The second kappa shape index (κ2) is 11.7. The zero-order valence-corrected chi connectivity index (χ0v) is 23.3. The molecule has 2 heterocycles. The van der Waals surface area contributed by atoms with Crippen LogP contribution in [0.15, 0.2) is 60.7 Å². The number of carbonyl (C=O) groups excluding carboxylic acids is 2. The predicted octanol–water partition coefficient (Wildman–Crippen LogP) is 4.61. The highest BCUT2D eigenvalue weighted by molar-refractivity contribution is 5.85. The van der Waals surface area contributed by atoms with E-state index in [0.29, 0.717) is 12.8 Å². The molecule has 0 unspecified atom stereocenters. The lowest BCUT2D eigenvalue weighted by molar-refractivity contribution is -0.175. The van der Waals surface area contributed by atoms with Crippen molar-refractivity contribution in [2.24, 2.45) is 5.92 Å². The molecule has 2 saturated heterocycles. The van der Waals surface area contributed by atoms with Crippen LogP contribution in [0.3, 0.4) is 0 Å². The second-order valence-electron chi connectivity index (χ2n) is 11.6. The quantitative estimate of drug-likeness (QED) is 0.490. The highest BCUT2D eigenvalue weighted by Gasteiger charge is 2.57. The molecule has 0 radical (unpaired) electrons. The van der Waals surface area contributed by atoms with Gasteiger partial charge in [0.25, 0.3) is 5.91 Å². The molecule has 2 aliphatic rings. The normalized spacial score (nSPS) is 27.5. The Bertz CT molecular complexity index is 999. The van der Waals surface area contributed by atoms with Crippen LogP contribution in [0.5, 0.6) is 0 Å². The molecule has 0 aliphatic carbocycles. The largest absolute Gasteiger partial charge is 0.351 e. The summed E-state index contributed by atoms with van der Waals surface area (Å²) in [5.41, 5.74) is 2.31. The Hall–Kier alpha value is -2.58. The molecule has 0 saturated carbocycles. The maximum Gasteiger partial charge on any atom is 0.252 e. The van der Waals surface area contributed by atoms with Crippen molar-refractivity contribution in [3.63, 3.8) is 0 Å². The van der Waals surface area contributed by atoms with E-state index in [9.17, 15) is 9.59 Å². The van der Waals surface area contributed by atoms with E-state index in [1.807, 2.05) is 55.5 Å². The second-order valence-corrected chi connectivity index (χ2v) is 11.6. The van der Waals surface area contributed by atoms with Crippen molar-refractivity contribution in [1.82, 2.24) is 5.32 Å². The molecule has 2 aromatic carbocycles. The number of ether oxygens (including phenoxy) is 4. The van der Waals surface area contributed by atoms with Gasteiger partial charge in [-0.15, -0.1) is 0 Å². The first kappa shape index (κ1) is 28.4. The van der Waals surface area contributed by atoms with E-state index in [2.05, 4.69) is 24.4 Å². The van der Waals surface area contributed by atoms with Gasteiger partial charge < -0.3 is 24.3 Å². The minimum atomic E-state index is -1.01. The van der Waals surface area contributed by atoms with Crippen LogP contribution in [-0.2, 0) is 41.4 Å². The summed E-state index contributed by atoms with van der Waals surface area (Å²) in [6, 6.07) is 20.0. The molecule has 2 fully saturated rings. The van der Waals surface area contributed by atoms with Gasteiger partial charge in [-0.05, 0) is 64.5 Å². The Kier molecular flexibility index (Phi) is 8.72. The van der Waals surface area contributed by atoms with Crippen molar-refractivity contribution in [1.29, 1.82) is 0 Å². The number of benzene rings is 2. The van der Waals surface area contributed by atoms with Gasteiger partial charge in [-0.1, -0.05) is 67.6 Å². The Morgan fingerprint density at radius 2 is 1.21 bits per heavy atom. The Balaban J connectivity index is 1.46. The molecule has 38 heavy (non-hydrogen) atoms. The highest BCUT2D eigenvalue weighted by atomic mass is 16.8. The maximum atomic E-state index is 13.5. The van der Waals surface area contributed by atoms with E-state index in [4.69, 9.17) is 18.9 Å². The summed E-state index contributed by atoms with van der Waals surface area (Å²) in [4.78, 5) is 26.9. The number of carbonyl (C=O) groups is 2. The Morgan fingerprint density at radius 1 is 0.737 bits per heavy atom. The lowest BCUT2D eigenvalue weighted by Crippen LogP contribution is -2.51. The van der Waals surface area contributed by atoms with Gasteiger partial charge in [0.2, 0.25) is 0 Å². The van der Waals surface area contributed by atoms with Crippen LogP contribution in [0.4, 0.5) is 0 Å². The molecule has 0 spiro atoms. The minimum Gasteiger partial charge on any atom is -0.351 e. The molecule has 0 aromatic heterocycles. The molecule has 4 rings (SSSR count). The first-order valence-electron chi connectivity index (χ1n) is 13.5. The summed E-state index contributed by atoms with van der Waals surface area (Å²) in [6.45, 7) is 11.1. The van der Waals surface area contributed by atoms with Gasteiger partial charge in [-0.3, -0.25) is 9.59 Å². The molecule has 6 atom stereocenters. The van der Waals surface area contributed by atoms with Crippen LogP contribution in [0.25, 0.3) is 0 Å². The van der Waals surface area contributed by atoms with Gasteiger partial charge in [0, 0.05) is 12.5 Å². The van der Waals surface area contributed by atoms with Crippen LogP contribution in [-0.4, -0.2) is 53.7 Å². The maximum absolute atomic E-state index is 13.5. The van der Waals surface area contributed by atoms with Crippen molar-refractivity contribution in [3.8, 4) is 0 Å². The van der Waals surface area contributed by atoms with E-state index >= 15 is 0 Å². The number of ketones is 1. The zero-order valence-electron chi connectivity index (χ0n) is 23.3. The van der Waals surface area contributed by atoms with E-state index < -0.39 is 36.0 Å². The molecule has 0 bridgehead atoms. The lowest BCUT2D eigenvalue weighted by Gasteiger charge is -2.26. The molecule has 206 valence electrons. The van der Waals surface area contributed by atoms with Crippen LogP contribution in [0, 0.1) is 5.92 Å². The SMILES string of the molecule is C[C@H](CC(=O)[C@@H]1OC(C)(C)O[C@H]1[C@H]1OC(C)(C)O[C@@H]1C(=O)N[C@@H](C)Cc1ccccc1)Cc1ccccc1. The summed E-state index contributed by atoms with van der Waals surface area (Å²) in [6.07, 6.45) is -1.57. The zero-order chi connectivity index (χ0) is 27.5. The Morgan fingerprint density at radius 3 is 1.76 bits per heavy atom. The molecular weight excluding hydrogens is 482 g/mol. The molecule has 2 aliphatic heterocycles. The van der Waals surface area contributed by atoms with E-state index in [1.165, 1.54) is 5.56 Å². The number of amides is 1.